The molecule has 4 fully saturated rings. The number of aryl methyl sites for hydroxylation is 4. The highest BCUT2D eigenvalue weighted by molar-refractivity contribution is 5.77. The Labute approximate surface area is 590 Å². The Morgan fingerprint density at radius 3 is 1.51 bits per heavy atom. The number of amides is 3. The van der Waals surface area contributed by atoms with Crippen LogP contribution in [0.3, 0.4) is 0 Å². The molecule has 0 bridgehead atoms. The van der Waals surface area contributed by atoms with Crippen molar-refractivity contribution in [3.05, 3.63) is 107 Å². The average molecular weight is 1410 g/mol. The van der Waals surface area contributed by atoms with Crippen LogP contribution in [0.15, 0.2) is 79.1 Å². The number of aromatic nitrogens is 12. The maximum absolute atomic E-state index is 14.5. The van der Waals surface area contributed by atoms with E-state index in [0.717, 1.165) is 56.9 Å². The SMILES string of the molecule is CCCCN(C)C(=O)OCc1c(-c2ccc(O[C@H]3CCC[C@H](C(=O)O)C3)cn2)nnn1C.CN(CC1CCC1)C(=O)OCc1c(-c2ccc(O[C@H]3CCC[C@](F)(C(=O)O)C3)cn2)nnn1C.Cc1nc(-c2nnn(C)c2COC(=O)N(C)Cc2ccccc2)ccc1O[C@H]1CCC[C@H](C(=O)O)C1. The Bertz CT molecular complexity index is 3950. The number of carbonyl (C=O) groups is 6. The van der Waals surface area contributed by atoms with Crippen LogP contribution < -0.4 is 14.2 Å². The molecule has 11 rings (SSSR count). The van der Waals surface area contributed by atoms with Crippen LogP contribution in [0.1, 0.15) is 144 Å². The molecule has 31 heteroatoms. The second kappa shape index (κ2) is 35.8. The first-order valence-corrected chi connectivity index (χ1v) is 34.6. The minimum absolute atomic E-state index is 0.00243. The normalized spacial score (nSPS) is 19.4. The maximum atomic E-state index is 14.5. The lowest BCUT2D eigenvalue weighted by atomic mass is 9.84. The number of carboxylic acid groups (broad SMARTS) is 3. The van der Waals surface area contributed by atoms with Crippen LogP contribution in [0.4, 0.5) is 18.8 Å². The Morgan fingerprint density at radius 1 is 0.569 bits per heavy atom. The summed E-state index contributed by atoms with van der Waals surface area (Å²) in [5, 5.41) is 52.4. The summed E-state index contributed by atoms with van der Waals surface area (Å²) >= 11 is 0. The highest BCUT2D eigenvalue weighted by Gasteiger charge is 2.44. The minimum Gasteiger partial charge on any atom is -0.489 e. The standard InChI is InChI=1S/C26H31N5O5.C23H30FN5O5.C22H31N5O5/c1-17-23(36-20-11-7-10-19(14-20)25(32)33)13-12-21(27-17)24-22(31(3)29-28-24)16-35-26(34)30(2)15-18-8-5-4-6-9-18;1-28(13-15-5-3-6-15)22(32)33-14-19-20(26-27-29(19)2)18-9-8-17(12-25-18)34-16-7-4-10-23(24,11-16)21(30)31;1-4-5-11-26(2)22(30)31-14-19-20(24-25-27(19)3)18-10-9-17(13-23-18)32-16-8-6-7-15(12-16)21(28)29/h4-6,8-9,12-13,19-20H,7,10-11,14-16H2,1-3H3,(H,32,33);8-9,12,15-16H,3-7,10-11,13-14H2,1-2H3,(H,30,31);9-10,13,15-16H,4-8,11-12,14H2,1-3H3,(H,28,29)/t19-,20-;16-,23+;15-,16-/m000/s1. The summed E-state index contributed by atoms with van der Waals surface area (Å²) in [6.45, 7) is 5.71. The van der Waals surface area contributed by atoms with Crippen molar-refractivity contribution >= 4 is 36.2 Å². The largest absolute Gasteiger partial charge is 0.489 e. The number of halogens is 1. The summed E-state index contributed by atoms with van der Waals surface area (Å²) in [6, 6.07) is 20.2. The molecule has 0 aliphatic heterocycles. The van der Waals surface area contributed by atoms with E-state index < -0.39 is 48.0 Å². The minimum atomic E-state index is -2.26. The summed E-state index contributed by atoms with van der Waals surface area (Å²) in [6.07, 6.45) is 13.0. The Kier molecular flexibility index (Phi) is 26.6. The van der Waals surface area contributed by atoms with Crippen LogP contribution >= 0.6 is 0 Å². The fourth-order valence-corrected chi connectivity index (χ4v) is 12.5. The number of benzene rings is 1. The lowest BCUT2D eigenvalue weighted by molar-refractivity contribution is -0.155. The van der Waals surface area contributed by atoms with Crippen molar-refractivity contribution in [2.24, 2.45) is 38.9 Å². The molecule has 0 radical (unpaired) electrons. The molecular formula is C71H92FN15O15. The number of carbonyl (C=O) groups excluding carboxylic acids is 3. The van der Waals surface area contributed by atoms with Crippen molar-refractivity contribution in [1.82, 2.24) is 74.6 Å². The molecular weight excluding hydrogens is 1320 g/mol. The van der Waals surface area contributed by atoms with Gasteiger partial charge in [0.05, 0.1) is 59.2 Å². The zero-order valence-electron chi connectivity index (χ0n) is 59.1. The number of pyridine rings is 3. The third kappa shape index (κ3) is 20.7. The highest BCUT2D eigenvalue weighted by Crippen LogP contribution is 2.36. The van der Waals surface area contributed by atoms with Crippen LogP contribution in [0.5, 0.6) is 17.2 Å². The van der Waals surface area contributed by atoms with Gasteiger partial charge in [-0.05, 0) is 145 Å². The molecule has 6 heterocycles. The first-order valence-electron chi connectivity index (χ1n) is 34.6. The molecule has 0 saturated heterocycles. The van der Waals surface area contributed by atoms with Gasteiger partial charge in [0.15, 0.2) is 0 Å². The third-order valence-electron chi connectivity index (χ3n) is 18.7. The number of carboxylic acids is 3. The van der Waals surface area contributed by atoms with E-state index in [2.05, 4.69) is 52.8 Å². The Morgan fingerprint density at radius 2 is 1.04 bits per heavy atom. The fourth-order valence-electron chi connectivity index (χ4n) is 12.5. The monoisotopic (exact) mass is 1410 g/mol. The van der Waals surface area contributed by atoms with Gasteiger partial charge in [-0.25, -0.2) is 42.6 Å². The second-order valence-corrected chi connectivity index (χ2v) is 26.5. The van der Waals surface area contributed by atoms with Crippen molar-refractivity contribution in [1.29, 1.82) is 0 Å². The van der Waals surface area contributed by atoms with Crippen molar-refractivity contribution in [2.45, 2.75) is 173 Å². The zero-order chi connectivity index (χ0) is 73.0. The smallest absolute Gasteiger partial charge is 0.410 e. The predicted octanol–water partition coefficient (Wildman–Crippen LogP) is 10.6. The molecule has 6 atom stereocenters. The number of alkyl halides is 1. The predicted molar refractivity (Wildman–Crippen MR) is 366 cm³/mol. The van der Waals surface area contributed by atoms with Crippen molar-refractivity contribution < 1.29 is 76.9 Å². The first kappa shape index (κ1) is 75.8. The quantitative estimate of drug-likeness (QED) is 0.0448. The molecule has 0 unspecified atom stereocenters. The first-order chi connectivity index (χ1) is 48.9. The van der Waals surface area contributed by atoms with E-state index in [9.17, 15) is 43.4 Å². The number of aliphatic carboxylic acids is 3. The maximum Gasteiger partial charge on any atom is 0.410 e. The van der Waals surface area contributed by atoms with Gasteiger partial charge in [-0.3, -0.25) is 19.6 Å². The van der Waals surface area contributed by atoms with Crippen LogP contribution in [-0.2, 0) is 76.1 Å². The van der Waals surface area contributed by atoms with Crippen molar-refractivity contribution in [2.75, 3.05) is 34.2 Å². The van der Waals surface area contributed by atoms with E-state index in [-0.39, 0.29) is 56.7 Å². The van der Waals surface area contributed by atoms with Crippen LogP contribution in [-0.4, -0.2) is 184 Å². The Hall–Kier alpha value is -10.4. The molecule has 4 saturated carbocycles. The summed E-state index contributed by atoms with van der Waals surface area (Å²) in [5.74, 6) is -1.53. The van der Waals surface area contributed by atoms with Crippen molar-refractivity contribution in [3.8, 4) is 51.4 Å². The van der Waals surface area contributed by atoms with Crippen LogP contribution in [0.25, 0.3) is 34.2 Å². The molecule has 3 amide bonds. The molecule has 1 aromatic carbocycles. The number of nitrogens with zero attached hydrogens (tertiary/aromatic N) is 15. The Balaban J connectivity index is 0.000000178. The van der Waals surface area contributed by atoms with E-state index in [4.69, 9.17) is 33.5 Å². The van der Waals surface area contributed by atoms with Gasteiger partial charge in [-0.2, -0.15) is 0 Å². The highest BCUT2D eigenvalue weighted by atomic mass is 19.1. The summed E-state index contributed by atoms with van der Waals surface area (Å²) in [4.78, 5) is 89.0. The zero-order valence-corrected chi connectivity index (χ0v) is 59.1. The number of unbranched alkanes of at least 4 members (excludes halogenated alkanes) is 1. The summed E-state index contributed by atoms with van der Waals surface area (Å²) in [7, 11) is 10.3. The number of hydrogen-bond acceptors (Lipinski definition) is 21. The van der Waals surface area contributed by atoms with Gasteiger partial charge in [0.1, 0.15) is 77.3 Å². The van der Waals surface area contributed by atoms with Gasteiger partial charge in [-0.1, -0.05) is 65.7 Å². The van der Waals surface area contributed by atoms with E-state index in [0.29, 0.717) is 138 Å². The van der Waals surface area contributed by atoms with Crippen LogP contribution in [0, 0.1) is 24.7 Å². The lowest BCUT2D eigenvalue weighted by Crippen LogP contribution is -2.42. The summed E-state index contributed by atoms with van der Waals surface area (Å²) < 4.78 is 53.5. The van der Waals surface area contributed by atoms with E-state index in [1.165, 1.54) is 22.2 Å². The molecule has 102 heavy (non-hydrogen) atoms. The average Bonchev–Trinajstić information content (AvgIpc) is 1.40. The topological polar surface area (TPSA) is 359 Å². The number of hydrogen-bond donors (Lipinski definition) is 3. The van der Waals surface area contributed by atoms with E-state index >= 15 is 0 Å². The van der Waals surface area contributed by atoms with Gasteiger partial charge in [-0.15, -0.1) is 15.3 Å². The van der Waals surface area contributed by atoms with E-state index in [1.807, 2.05) is 43.3 Å². The van der Waals surface area contributed by atoms with Crippen molar-refractivity contribution in [3.63, 3.8) is 0 Å². The van der Waals surface area contributed by atoms with Crippen LogP contribution in [0.2, 0.25) is 0 Å². The molecule has 548 valence electrons. The molecule has 4 aliphatic carbocycles. The fraction of sp³-hybridized carbons (Fsp3) is 0.535. The molecule has 3 N–H and O–H groups in total. The molecule has 6 aromatic heterocycles. The number of rotatable bonds is 25. The van der Waals surface area contributed by atoms with E-state index in [1.54, 1.807) is 98.0 Å². The third-order valence-corrected chi connectivity index (χ3v) is 18.7. The van der Waals surface area contributed by atoms with Gasteiger partial charge in [0.25, 0.3) is 0 Å². The van der Waals surface area contributed by atoms with Gasteiger partial charge in [0, 0.05) is 68.3 Å². The molecule has 0 spiro atoms. The molecule has 4 aliphatic rings. The van der Waals surface area contributed by atoms with Gasteiger partial charge >= 0.3 is 36.2 Å². The molecule has 7 aromatic rings. The lowest BCUT2D eigenvalue weighted by Gasteiger charge is -2.31. The second-order valence-electron chi connectivity index (χ2n) is 26.5. The molecule has 30 nitrogen and oxygen atoms in total. The van der Waals surface area contributed by atoms with Gasteiger partial charge < -0.3 is 58.4 Å². The van der Waals surface area contributed by atoms with Gasteiger partial charge in [0.2, 0.25) is 5.67 Å². The number of ether oxygens (including phenoxy) is 6. The summed E-state index contributed by atoms with van der Waals surface area (Å²) in [5.41, 5.74) is 4.50.